The number of hydrogen-bond donors (Lipinski definition) is 1. The molecule has 1 saturated heterocycles. The Kier molecular flexibility index (Phi) is 5.71. The predicted molar refractivity (Wildman–Crippen MR) is 98.8 cm³/mol. The predicted octanol–water partition coefficient (Wildman–Crippen LogP) is 4.14. The smallest absolute Gasteiger partial charge is 0.317 e. The first-order chi connectivity index (χ1) is 12.1. The fourth-order valence-electron chi connectivity index (χ4n) is 3.14. The van der Waals surface area contributed by atoms with Gasteiger partial charge in [0.1, 0.15) is 0 Å². The van der Waals surface area contributed by atoms with Crippen LogP contribution >= 0.6 is 11.6 Å². The lowest BCUT2D eigenvalue weighted by molar-refractivity contribution is 0.0845. The van der Waals surface area contributed by atoms with Gasteiger partial charge >= 0.3 is 6.03 Å². The van der Waals surface area contributed by atoms with Crippen molar-refractivity contribution in [3.63, 3.8) is 0 Å². The van der Waals surface area contributed by atoms with Crippen molar-refractivity contribution in [2.45, 2.75) is 19.4 Å². The minimum Gasteiger partial charge on any atom is -0.334 e. The summed E-state index contributed by atoms with van der Waals surface area (Å²) in [5, 5.41) is 3.49. The molecule has 5 heteroatoms. The number of carbonyl (C=O) groups is 2. The highest BCUT2D eigenvalue weighted by Crippen LogP contribution is 2.22. The lowest BCUT2D eigenvalue weighted by atomic mass is 9.90. The molecule has 25 heavy (non-hydrogen) atoms. The van der Waals surface area contributed by atoms with Crippen LogP contribution in [0.25, 0.3) is 0 Å². The molecule has 3 rings (SSSR count). The third-order valence-corrected chi connectivity index (χ3v) is 4.71. The minimum atomic E-state index is -0.172. The summed E-state index contributed by atoms with van der Waals surface area (Å²) in [6.07, 6.45) is 1.63. The van der Waals surface area contributed by atoms with E-state index in [-0.39, 0.29) is 17.7 Å². The van der Waals surface area contributed by atoms with E-state index in [4.69, 9.17) is 11.6 Å². The molecular formula is C20H21ClN2O2. The molecule has 1 aliphatic rings. The molecule has 1 atom stereocenters. The van der Waals surface area contributed by atoms with Gasteiger partial charge in [-0.2, -0.15) is 0 Å². The average Bonchev–Trinajstić information content (AvgIpc) is 2.66. The highest BCUT2D eigenvalue weighted by molar-refractivity contribution is 6.31. The number of Topliss-reactive ketones (excluding diaryl/α,β-unsaturated/α-hetero) is 1. The van der Waals surface area contributed by atoms with Crippen LogP contribution in [0.1, 0.15) is 28.8 Å². The monoisotopic (exact) mass is 356 g/mol. The van der Waals surface area contributed by atoms with E-state index in [2.05, 4.69) is 5.32 Å². The standard InChI is InChI=1S/C20H21ClN2O2/c21-18-10-4-8-16(12-18)19(24)17-9-5-11-23(14-17)20(25)22-13-15-6-2-1-3-7-15/h1-4,6-8,10,12,17H,5,9,11,13-14H2,(H,22,25)/t17-/m1/s1. The summed E-state index contributed by atoms with van der Waals surface area (Å²) in [5.74, 6) is -0.113. The van der Waals surface area contributed by atoms with E-state index in [1.165, 1.54) is 0 Å². The number of urea groups is 1. The van der Waals surface area contributed by atoms with Crippen molar-refractivity contribution >= 4 is 23.4 Å². The van der Waals surface area contributed by atoms with E-state index in [9.17, 15) is 9.59 Å². The average molecular weight is 357 g/mol. The fourth-order valence-corrected chi connectivity index (χ4v) is 3.33. The van der Waals surface area contributed by atoms with E-state index in [1.54, 1.807) is 29.2 Å². The molecule has 2 aromatic carbocycles. The quantitative estimate of drug-likeness (QED) is 0.837. The molecule has 2 aromatic rings. The molecular weight excluding hydrogens is 336 g/mol. The Morgan fingerprint density at radius 3 is 2.68 bits per heavy atom. The summed E-state index contributed by atoms with van der Waals surface area (Å²) in [7, 11) is 0. The molecule has 0 bridgehead atoms. The molecule has 130 valence electrons. The van der Waals surface area contributed by atoms with E-state index < -0.39 is 0 Å². The zero-order valence-electron chi connectivity index (χ0n) is 14.0. The van der Waals surface area contributed by atoms with Crippen molar-refractivity contribution in [3.8, 4) is 0 Å². The highest BCUT2D eigenvalue weighted by atomic mass is 35.5. The second kappa shape index (κ2) is 8.17. The van der Waals surface area contributed by atoms with Crippen molar-refractivity contribution < 1.29 is 9.59 Å². The van der Waals surface area contributed by atoms with Crippen LogP contribution in [0.15, 0.2) is 54.6 Å². The van der Waals surface area contributed by atoms with Crippen LogP contribution in [0.4, 0.5) is 4.79 Å². The molecule has 0 aromatic heterocycles. The summed E-state index contributed by atoms with van der Waals surface area (Å²) < 4.78 is 0. The van der Waals surface area contributed by atoms with Gasteiger partial charge in [-0.15, -0.1) is 0 Å². The fraction of sp³-hybridized carbons (Fsp3) is 0.300. The van der Waals surface area contributed by atoms with Gasteiger partial charge in [0, 0.05) is 36.1 Å². The first-order valence-electron chi connectivity index (χ1n) is 8.50. The topological polar surface area (TPSA) is 49.4 Å². The van der Waals surface area contributed by atoms with Gasteiger partial charge in [0.25, 0.3) is 0 Å². The molecule has 0 saturated carbocycles. The van der Waals surface area contributed by atoms with Gasteiger partial charge in [0.2, 0.25) is 0 Å². The molecule has 2 amide bonds. The number of halogens is 1. The second-order valence-electron chi connectivity index (χ2n) is 6.30. The van der Waals surface area contributed by atoms with Gasteiger partial charge < -0.3 is 10.2 Å². The van der Waals surface area contributed by atoms with Crippen molar-refractivity contribution in [1.29, 1.82) is 0 Å². The minimum absolute atomic E-state index is 0.0584. The number of likely N-dealkylation sites (tertiary alicyclic amines) is 1. The third-order valence-electron chi connectivity index (χ3n) is 4.48. The summed E-state index contributed by atoms with van der Waals surface area (Å²) in [5.41, 5.74) is 1.67. The first-order valence-corrected chi connectivity index (χ1v) is 8.88. The van der Waals surface area contributed by atoms with Crippen molar-refractivity contribution in [3.05, 3.63) is 70.7 Å². The van der Waals surface area contributed by atoms with E-state index in [0.29, 0.717) is 30.2 Å². The Morgan fingerprint density at radius 2 is 1.92 bits per heavy atom. The zero-order valence-corrected chi connectivity index (χ0v) is 14.7. The number of hydrogen-bond acceptors (Lipinski definition) is 2. The maximum absolute atomic E-state index is 12.7. The highest BCUT2D eigenvalue weighted by Gasteiger charge is 2.29. The molecule has 1 N–H and O–H groups in total. The SMILES string of the molecule is O=C(c1cccc(Cl)c1)[C@@H]1CCCN(C(=O)NCc2ccccc2)C1. The molecule has 0 spiro atoms. The zero-order chi connectivity index (χ0) is 17.6. The summed E-state index contributed by atoms with van der Waals surface area (Å²) >= 11 is 5.98. The van der Waals surface area contributed by atoms with Gasteiger partial charge in [-0.1, -0.05) is 54.1 Å². The molecule has 0 aliphatic carbocycles. The normalized spacial score (nSPS) is 17.2. The number of nitrogens with zero attached hydrogens (tertiary/aromatic N) is 1. The molecule has 1 heterocycles. The largest absolute Gasteiger partial charge is 0.334 e. The molecule has 1 fully saturated rings. The number of ketones is 1. The lowest BCUT2D eigenvalue weighted by Gasteiger charge is -2.32. The van der Waals surface area contributed by atoms with Crippen LogP contribution in [-0.4, -0.2) is 29.8 Å². The number of benzene rings is 2. The number of carbonyl (C=O) groups excluding carboxylic acids is 2. The van der Waals surface area contributed by atoms with Crippen LogP contribution in [-0.2, 0) is 6.54 Å². The lowest BCUT2D eigenvalue weighted by Crippen LogP contribution is -2.46. The second-order valence-corrected chi connectivity index (χ2v) is 6.74. The van der Waals surface area contributed by atoms with E-state index in [0.717, 1.165) is 18.4 Å². The van der Waals surface area contributed by atoms with Gasteiger partial charge in [-0.05, 0) is 30.5 Å². The Hall–Kier alpha value is -2.33. The number of piperidine rings is 1. The summed E-state index contributed by atoms with van der Waals surface area (Å²) in [4.78, 5) is 26.8. The van der Waals surface area contributed by atoms with Crippen LogP contribution < -0.4 is 5.32 Å². The molecule has 0 radical (unpaired) electrons. The summed E-state index contributed by atoms with van der Waals surface area (Å²) in [6, 6.07) is 16.7. The number of nitrogens with one attached hydrogen (secondary N) is 1. The number of amides is 2. The summed E-state index contributed by atoms with van der Waals surface area (Å²) in [6.45, 7) is 1.62. The van der Waals surface area contributed by atoms with Crippen molar-refractivity contribution in [2.24, 2.45) is 5.92 Å². The molecule has 0 unspecified atom stereocenters. The van der Waals surface area contributed by atoms with Gasteiger partial charge in [0.05, 0.1) is 0 Å². The number of rotatable bonds is 4. The van der Waals surface area contributed by atoms with Crippen LogP contribution in [0.3, 0.4) is 0 Å². The van der Waals surface area contributed by atoms with Crippen LogP contribution in [0.5, 0.6) is 0 Å². The van der Waals surface area contributed by atoms with Gasteiger partial charge in [-0.3, -0.25) is 4.79 Å². The Bertz CT molecular complexity index is 748. The maximum Gasteiger partial charge on any atom is 0.317 e. The first kappa shape index (κ1) is 17.5. The Labute approximate surface area is 152 Å². The van der Waals surface area contributed by atoms with Crippen LogP contribution in [0.2, 0.25) is 5.02 Å². The van der Waals surface area contributed by atoms with Gasteiger partial charge in [-0.25, -0.2) is 4.79 Å². The van der Waals surface area contributed by atoms with Crippen molar-refractivity contribution in [2.75, 3.05) is 13.1 Å². The maximum atomic E-state index is 12.7. The van der Waals surface area contributed by atoms with Crippen molar-refractivity contribution in [1.82, 2.24) is 10.2 Å². The van der Waals surface area contributed by atoms with E-state index >= 15 is 0 Å². The van der Waals surface area contributed by atoms with Crippen LogP contribution in [0, 0.1) is 5.92 Å². The van der Waals surface area contributed by atoms with Gasteiger partial charge in [0.15, 0.2) is 5.78 Å². The Balaban J connectivity index is 1.58. The third kappa shape index (κ3) is 4.60. The van der Waals surface area contributed by atoms with E-state index in [1.807, 2.05) is 30.3 Å². The molecule has 4 nitrogen and oxygen atoms in total. The Morgan fingerprint density at radius 1 is 1.12 bits per heavy atom. The molecule has 1 aliphatic heterocycles.